The molecule has 0 radical (unpaired) electrons. The molecule has 6 nitrogen and oxygen atoms in total. The van der Waals surface area contributed by atoms with E-state index in [1.807, 2.05) is 6.07 Å². The minimum absolute atomic E-state index is 0.0877. The minimum atomic E-state index is -0.813. The average Bonchev–Trinajstić information content (AvgIpc) is 2.38. The standard InChI is InChI=1S/C11H16N4O2/c16-11(17)2-1-9-7-10(14-15-13-9)8-3-5-12-6-4-8/h7-8,12H,1-6H2,(H,16,17). The van der Waals surface area contributed by atoms with Gasteiger partial charge in [0.2, 0.25) is 0 Å². The first kappa shape index (κ1) is 11.9. The van der Waals surface area contributed by atoms with Crippen LogP contribution in [0.4, 0.5) is 0 Å². The third-order valence-corrected chi connectivity index (χ3v) is 3.00. The number of hydrogen-bond donors (Lipinski definition) is 2. The summed E-state index contributed by atoms with van der Waals surface area (Å²) < 4.78 is 0. The van der Waals surface area contributed by atoms with Gasteiger partial charge in [0, 0.05) is 12.3 Å². The van der Waals surface area contributed by atoms with Crippen molar-refractivity contribution in [1.29, 1.82) is 0 Å². The smallest absolute Gasteiger partial charge is 0.303 e. The van der Waals surface area contributed by atoms with Crippen LogP contribution in [-0.4, -0.2) is 39.6 Å². The summed E-state index contributed by atoms with van der Waals surface area (Å²) in [6.07, 6.45) is 2.61. The summed E-state index contributed by atoms with van der Waals surface area (Å²) in [6.45, 7) is 2.00. The molecule has 2 rings (SSSR count). The highest BCUT2D eigenvalue weighted by Gasteiger charge is 2.17. The van der Waals surface area contributed by atoms with Crippen LogP contribution in [0.3, 0.4) is 0 Å². The molecule has 1 saturated heterocycles. The Morgan fingerprint density at radius 3 is 2.88 bits per heavy atom. The van der Waals surface area contributed by atoms with E-state index in [4.69, 9.17) is 5.11 Å². The average molecular weight is 236 g/mol. The highest BCUT2D eigenvalue weighted by molar-refractivity contribution is 5.66. The largest absolute Gasteiger partial charge is 0.481 e. The Morgan fingerprint density at radius 1 is 1.41 bits per heavy atom. The van der Waals surface area contributed by atoms with Crippen molar-refractivity contribution >= 4 is 5.97 Å². The lowest BCUT2D eigenvalue weighted by Gasteiger charge is -2.21. The number of nitrogens with one attached hydrogen (secondary N) is 1. The number of nitrogens with zero attached hydrogens (tertiary/aromatic N) is 3. The number of carboxylic acids is 1. The van der Waals surface area contributed by atoms with Gasteiger partial charge in [-0.3, -0.25) is 4.79 Å². The highest BCUT2D eigenvalue weighted by Crippen LogP contribution is 2.23. The highest BCUT2D eigenvalue weighted by atomic mass is 16.4. The Morgan fingerprint density at radius 2 is 2.18 bits per heavy atom. The zero-order chi connectivity index (χ0) is 12.1. The second kappa shape index (κ2) is 5.67. The first-order chi connectivity index (χ1) is 8.25. The van der Waals surface area contributed by atoms with E-state index < -0.39 is 5.97 Å². The molecular formula is C11H16N4O2. The SMILES string of the molecule is O=C(O)CCc1cc(C2CCNCC2)nnn1. The summed E-state index contributed by atoms with van der Waals surface area (Å²) >= 11 is 0. The van der Waals surface area contributed by atoms with E-state index in [2.05, 4.69) is 20.7 Å². The molecule has 0 atom stereocenters. The maximum atomic E-state index is 10.5. The molecule has 1 aromatic heterocycles. The summed E-state index contributed by atoms with van der Waals surface area (Å²) in [5.41, 5.74) is 1.66. The number of aromatic nitrogens is 3. The van der Waals surface area contributed by atoms with Crippen LogP contribution < -0.4 is 5.32 Å². The van der Waals surface area contributed by atoms with Crippen LogP contribution in [0.2, 0.25) is 0 Å². The molecule has 0 bridgehead atoms. The summed E-state index contributed by atoms with van der Waals surface area (Å²) in [4.78, 5) is 10.5. The zero-order valence-corrected chi connectivity index (χ0v) is 9.59. The third kappa shape index (κ3) is 3.45. The molecule has 1 fully saturated rings. The number of carboxylic acid groups (broad SMARTS) is 1. The Balaban J connectivity index is 2.02. The molecular weight excluding hydrogens is 220 g/mol. The molecule has 0 unspecified atom stereocenters. The van der Waals surface area contributed by atoms with Gasteiger partial charge in [0.25, 0.3) is 0 Å². The lowest BCUT2D eigenvalue weighted by atomic mass is 9.94. The lowest BCUT2D eigenvalue weighted by molar-refractivity contribution is -0.136. The summed E-state index contributed by atoms with van der Waals surface area (Å²) in [6, 6.07) is 1.89. The van der Waals surface area contributed by atoms with E-state index in [1.165, 1.54) is 0 Å². The van der Waals surface area contributed by atoms with Crippen LogP contribution in [-0.2, 0) is 11.2 Å². The van der Waals surface area contributed by atoms with Gasteiger partial charge in [0.15, 0.2) is 0 Å². The molecule has 0 aromatic carbocycles. The molecule has 1 aromatic rings. The van der Waals surface area contributed by atoms with Crippen molar-refractivity contribution < 1.29 is 9.90 Å². The molecule has 0 amide bonds. The Bertz CT molecular complexity index is 391. The van der Waals surface area contributed by atoms with Crippen molar-refractivity contribution in [1.82, 2.24) is 20.7 Å². The van der Waals surface area contributed by atoms with Gasteiger partial charge in [-0.15, -0.1) is 10.2 Å². The number of aliphatic carboxylic acids is 1. The van der Waals surface area contributed by atoms with Gasteiger partial charge in [-0.1, -0.05) is 0 Å². The van der Waals surface area contributed by atoms with Gasteiger partial charge < -0.3 is 10.4 Å². The molecule has 92 valence electrons. The maximum absolute atomic E-state index is 10.5. The van der Waals surface area contributed by atoms with Gasteiger partial charge in [0.1, 0.15) is 0 Å². The predicted octanol–water partition coefficient (Wildman–Crippen LogP) is 0.356. The van der Waals surface area contributed by atoms with Crippen molar-refractivity contribution in [2.75, 3.05) is 13.1 Å². The molecule has 2 N–H and O–H groups in total. The molecule has 0 aliphatic carbocycles. The van der Waals surface area contributed by atoms with Crippen LogP contribution in [0, 0.1) is 0 Å². The fourth-order valence-corrected chi connectivity index (χ4v) is 2.03. The number of hydrogen-bond acceptors (Lipinski definition) is 5. The van der Waals surface area contributed by atoms with Crippen molar-refractivity contribution in [2.45, 2.75) is 31.6 Å². The lowest BCUT2D eigenvalue weighted by Crippen LogP contribution is -2.27. The summed E-state index contributed by atoms with van der Waals surface area (Å²) in [7, 11) is 0. The van der Waals surface area contributed by atoms with Crippen molar-refractivity contribution in [2.24, 2.45) is 0 Å². The first-order valence-corrected chi connectivity index (χ1v) is 5.87. The van der Waals surface area contributed by atoms with Gasteiger partial charge in [-0.25, -0.2) is 0 Å². The number of rotatable bonds is 4. The zero-order valence-electron chi connectivity index (χ0n) is 9.59. The molecule has 6 heteroatoms. The molecule has 17 heavy (non-hydrogen) atoms. The quantitative estimate of drug-likeness (QED) is 0.784. The van der Waals surface area contributed by atoms with Crippen molar-refractivity contribution in [3.8, 4) is 0 Å². The van der Waals surface area contributed by atoms with E-state index in [9.17, 15) is 4.79 Å². The number of aryl methyl sites for hydroxylation is 1. The molecule has 0 saturated carbocycles. The van der Waals surface area contributed by atoms with Crippen LogP contribution >= 0.6 is 0 Å². The maximum Gasteiger partial charge on any atom is 0.303 e. The monoisotopic (exact) mass is 236 g/mol. The van der Waals surface area contributed by atoms with Gasteiger partial charge in [0.05, 0.1) is 17.8 Å². The molecule has 2 heterocycles. The Hall–Kier alpha value is -1.56. The Kier molecular flexibility index (Phi) is 3.98. The normalized spacial score (nSPS) is 16.9. The van der Waals surface area contributed by atoms with Crippen LogP contribution in [0.1, 0.15) is 36.6 Å². The van der Waals surface area contributed by atoms with Crippen LogP contribution in [0.25, 0.3) is 0 Å². The van der Waals surface area contributed by atoms with Crippen LogP contribution in [0.5, 0.6) is 0 Å². The topological polar surface area (TPSA) is 88.0 Å². The second-order valence-corrected chi connectivity index (χ2v) is 4.27. The number of carbonyl (C=O) groups is 1. The van der Waals surface area contributed by atoms with E-state index in [1.54, 1.807) is 0 Å². The summed E-state index contributed by atoms with van der Waals surface area (Å²) in [5, 5.41) is 23.6. The molecule has 1 aliphatic heterocycles. The third-order valence-electron chi connectivity index (χ3n) is 3.00. The summed E-state index contributed by atoms with van der Waals surface area (Å²) in [5.74, 6) is -0.387. The van der Waals surface area contributed by atoms with Crippen molar-refractivity contribution in [3.63, 3.8) is 0 Å². The Labute approximate surface area is 99.4 Å². The van der Waals surface area contributed by atoms with Crippen LogP contribution in [0.15, 0.2) is 6.07 Å². The molecule has 1 aliphatic rings. The first-order valence-electron chi connectivity index (χ1n) is 5.87. The fraction of sp³-hybridized carbons (Fsp3) is 0.636. The second-order valence-electron chi connectivity index (χ2n) is 4.27. The fourth-order valence-electron chi connectivity index (χ4n) is 2.03. The number of piperidine rings is 1. The van der Waals surface area contributed by atoms with E-state index in [0.29, 0.717) is 12.3 Å². The van der Waals surface area contributed by atoms with E-state index in [0.717, 1.165) is 37.3 Å². The van der Waals surface area contributed by atoms with Crippen molar-refractivity contribution in [3.05, 3.63) is 17.5 Å². The van der Waals surface area contributed by atoms with Gasteiger partial charge in [-0.2, -0.15) is 0 Å². The minimum Gasteiger partial charge on any atom is -0.481 e. The predicted molar refractivity (Wildman–Crippen MR) is 60.6 cm³/mol. The van der Waals surface area contributed by atoms with E-state index >= 15 is 0 Å². The molecule has 0 spiro atoms. The van der Waals surface area contributed by atoms with Gasteiger partial charge in [-0.05, 0) is 37.2 Å². The van der Waals surface area contributed by atoms with Gasteiger partial charge >= 0.3 is 5.97 Å². The van der Waals surface area contributed by atoms with E-state index in [-0.39, 0.29) is 6.42 Å².